The summed E-state index contributed by atoms with van der Waals surface area (Å²) in [6, 6.07) is 31.2. The molecule has 1 N–H and O–H groups in total. The minimum absolute atomic E-state index is 0.145. The summed E-state index contributed by atoms with van der Waals surface area (Å²) < 4.78 is 37.7. The number of rotatable bonds is 9. The van der Waals surface area contributed by atoms with E-state index in [1.54, 1.807) is 71.4 Å². The molecule has 0 aliphatic rings. The molecule has 8 aromatic rings. The van der Waals surface area contributed by atoms with Gasteiger partial charge in [0.2, 0.25) is 0 Å². The second kappa shape index (κ2) is 23.5. The molecule has 322 valence electrons. The average Bonchev–Trinajstić information content (AvgIpc) is 3.92. The quantitative estimate of drug-likeness (QED) is 0.137. The van der Waals surface area contributed by atoms with Crippen LogP contribution in [0.15, 0.2) is 135 Å². The minimum atomic E-state index is -3.67. The monoisotopic (exact) mass is 878 g/mol. The second-order valence-electron chi connectivity index (χ2n) is 13.8. The molecule has 0 spiro atoms. The number of pyridine rings is 4. The Morgan fingerprint density at radius 2 is 1.09 bits per heavy atom. The SMILES string of the molecule is COc1cc(C)cc(-c2nn(CC#N)cc2-c2ccc(-c3cccnc3)nc2)c1.CSC.Cc1cc(O)cc(-c2nn(CC#N)cc2-c2ccc(-c3cccnc3)nc2)c1.FB(F)F. The molecular formula is C47H42BF3N10O2S. The fourth-order valence-corrected chi connectivity index (χ4v) is 6.38. The number of phenols is 1. The molecule has 64 heavy (non-hydrogen) atoms. The van der Waals surface area contributed by atoms with Gasteiger partial charge in [-0.25, -0.2) is 0 Å². The number of aromatic hydroxyl groups is 1. The molecule has 8 rings (SSSR count). The van der Waals surface area contributed by atoms with Crippen LogP contribution in [0.3, 0.4) is 0 Å². The zero-order valence-corrected chi connectivity index (χ0v) is 36.4. The Morgan fingerprint density at radius 3 is 1.47 bits per heavy atom. The van der Waals surface area contributed by atoms with Crippen molar-refractivity contribution in [2.45, 2.75) is 26.9 Å². The standard InChI is InChI=1S/C23H19N5O.C22H17N5O.C2H6S.BF3/c1-16-10-19(12-20(11-16)29-2)23-21(15-28(27-23)9-7-24)17-5-6-22(26-14-17)18-4-3-8-25-13-18;1-15-9-18(11-19(28)10-15)22-20(14-27(26-22)8-6-23)16-4-5-21(25-13-16)17-3-2-7-24-12-17;1-3-2;2-1(3)4/h3-6,8,10-15H,9H2,1-2H3;2-5,7,9-14,28H,8H2,1H3;1-2H3;. The van der Waals surface area contributed by atoms with Gasteiger partial charge in [0.15, 0.2) is 0 Å². The highest BCUT2D eigenvalue weighted by molar-refractivity contribution is 7.97. The largest absolute Gasteiger partial charge is 0.762 e. The Bertz CT molecular complexity index is 2790. The van der Waals surface area contributed by atoms with Gasteiger partial charge in [-0.3, -0.25) is 42.2 Å². The highest BCUT2D eigenvalue weighted by Gasteiger charge is 2.17. The molecule has 6 heterocycles. The highest BCUT2D eigenvalue weighted by Crippen LogP contribution is 2.35. The number of phenolic OH excluding ortho intramolecular Hbond substituents is 1. The fourth-order valence-electron chi connectivity index (χ4n) is 6.38. The molecule has 0 amide bonds. The molecule has 0 saturated heterocycles. The summed E-state index contributed by atoms with van der Waals surface area (Å²) in [6.45, 7) is 4.25. The molecule has 0 aliphatic carbocycles. The lowest BCUT2D eigenvalue weighted by Crippen LogP contribution is -1.95. The maximum atomic E-state index is 9.98. The van der Waals surface area contributed by atoms with E-state index in [9.17, 15) is 18.1 Å². The van der Waals surface area contributed by atoms with Gasteiger partial charge in [-0.05, 0) is 110 Å². The summed E-state index contributed by atoms with van der Waals surface area (Å²) in [7, 11) is -2.02. The number of aromatic nitrogens is 8. The second-order valence-corrected chi connectivity index (χ2v) is 14.6. The Kier molecular flexibility index (Phi) is 17.3. The number of hydrogen-bond donors (Lipinski definition) is 1. The lowest BCUT2D eigenvalue weighted by atomic mass is 10.0. The van der Waals surface area contributed by atoms with Crippen LogP contribution in [0.25, 0.3) is 67.3 Å². The van der Waals surface area contributed by atoms with E-state index in [2.05, 4.69) is 48.3 Å². The number of hydrogen-bond acceptors (Lipinski definition) is 11. The lowest BCUT2D eigenvalue weighted by Gasteiger charge is -2.08. The number of benzene rings is 2. The van der Waals surface area contributed by atoms with Crippen molar-refractivity contribution in [2.75, 3.05) is 19.6 Å². The van der Waals surface area contributed by atoms with Gasteiger partial charge in [-0.15, -0.1) is 0 Å². The van der Waals surface area contributed by atoms with E-state index in [0.717, 1.165) is 78.5 Å². The minimum Gasteiger partial charge on any atom is -0.508 e. The molecule has 0 saturated carbocycles. The van der Waals surface area contributed by atoms with Crippen LogP contribution in [-0.2, 0) is 13.1 Å². The summed E-state index contributed by atoms with van der Waals surface area (Å²) in [5.74, 6) is 0.951. The third-order valence-electron chi connectivity index (χ3n) is 8.95. The van der Waals surface area contributed by atoms with Gasteiger partial charge in [0.25, 0.3) is 0 Å². The predicted octanol–water partition coefficient (Wildman–Crippen LogP) is 10.6. The number of halogens is 3. The van der Waals surface area contributed by atoms with Crippen LogP contribution in [0.1, 0.15) is 11.1 Å². The number of thioether (sulfide) groups is 1. The van der Waals surface area contributed by atoms with Gasteiger partial charge in [0.1, 0.15) is 36.0 Å². The maximum absolute atomic E-state index is 9.98. The molecule has 0 fully saturated rings. The zero-order chi connectivity index (χ0) is 46.0. The summed E-state index contributed by atoms with van der Waals surface area (Å²) in [5.41, 5.74) is 12.4. The van der Waals surface area contributed by atoms with Crippen molar-refractivity contribution in [1.82, 2.24) is 39.5 Å². The Balaban J connectivity index is 0.000000211. The smallest absolute Gasteiger partial charge is 0.508 e. The van der Waals surface area contributed by atoms with Crippen LogP contribution in [0.4, 0.5) is 12.9 Å². The Labute approximate surface area is 374 Å². The molecule has 2 aromatic carbocycles. The van der Waals surface area contributed by atoms with E-state index in [0.29, 0.717) is 5.69 Å². The summed E-state index contributed by atoms with van der Waals surface area (Å²) in [6.07, 6.45) is 18.4. The average molecular weight is 879 g/mol. The molecule has 0 unspecified atom stereocenters. The molecular weight excluding hydrogens is 836 g/mol. The van der Waals surface area contributed by atoms with E-state index >= 15 is 0 Å². The van der Waals surface area contributed by atoms with Crippen LogP contribution in [-0.4, -0.2) is 71.8 Å². The number of nitrogens with zero attached hydrogens (tertiary/aromatic N) is 10. The Hall–Kier alpha value is -7.76. The predicted molar refractivity (Wildman–Crippen MR) is 246 cm³/mol. The number of nitriles is 2. The van der Waals surface area contributed by atoms with Crippen molar-refractivity contribution < 1.29 is 22.8 Å². The van der Waals surface area contributed by atoms with Crippen LogP contribution in [0, 0.1) is 36.5 Å². The van der Waals surface area contributed by atoms with Gasteiger partial charge < -0.3 is 9.84 Å². The maximum Gasteiger partial charge on any atom is 0.762 e. The van der Waals surface area contributed by atoms with Crippen molar-refractivity contribution in [1.29, 1.82) is 10.5 Å². The van der Waals surface area contributed by atoms with Gasteiger partial charge in [0.05, 0.1) is 30.6 Å². The van der Waals surface area contributed by atoms with Crippen molar-refractivity contribution in [3.8, 4) is 90.9 Å². The van der Waals surface area contributed by atoms with E-state index in [4.69, 9.17) is 15.3 Å². The topological polar surface area (TPSA) is 164 Å². The molecule has 0 radical (unpaired) electrons. The van der Waals surface area contributed by atoms with Crippen molar-refractivity contribution in [3.05, 3.63) is 146 Å². The van der Waals surface area contributed by atoms with Gasteiger partial charge in [-0.1, -0.05) is 12.1 Å². The molecule has 0 atom stereocenters. The first-order valence-corrected chi connectivity index (χ1v) is 21.0. The molecule has 12 nitrogen and oxygen atoms in total. The van der Waals surface area contributed by atoms with E-state index < -0.39 is 7.54 Å². The fraction of sp³-hybridized carbons (Fsp3) is 0.149. The van der Waals surface area contributed by atoms with Crippen molar-refractivity contribution in [3.63, 3.8) is 0 Å². The van der Waals surface area contributed by atoms with Crippen molar-refractivity contribution in [2.24, 2.45) is 0 Å². The normalized spacial score (nSPS) is 10.1. The summed E-state index contributed by atoms with van der Waals surface area (Å²) in [4.78, 5) is 17.4. The first kappa shape index (κ1) is 47.3. The van der Waals surface area contributed by atoms with E-state index in [1.165, 1.54) is 0 Å². The number of aryl methyl sites for hydroxylation is 2. The zero-order valence-electron chi connectivity index (χ0n) is 35.6. The summed E-state index contributed by atoms with van der Waals surface area (Å²) >= 11 is 1.75. The third kappa shape index (κ3) is 13.1. The molecule has 6 aromatic heterocycles. The Morgan fingerprint density at radius 1 is 0.641 bits per heavy atom. The van der Waals surface area contributed by atoms with Crippen LogP contribution >= 0.6 is 11.8 Å². The highest BCUT2D eigenvalue weighted by atomic mass is 32.2. The number of ether oxygens (including phenoxy) is 1. The van der Waals surface area contributed by atoms with Crippen LogP contribution < -0.4 is 4.74 Å². The summed E-state index contributed by atoms with van der Waals surface area (Å²) in [5, 5.41) is 37.3. The van der Waals surface area contributed by atoms with E-state index in [1.807, 2.05) is 112 Å². The van der Waals surface area contributed by atoms with Gasteiger partial charge in [-0.2, -0.15) is 32.5 Å². The molecule has 17 heteroatoms. The first-order chi connectivity index (χ1) is 31.0. The van der Waals surface area contributed by atoms with Crippen molar-refractivity contribution >= 4 is 19.3 Å². The third-order valence-corrected chi connectivity index (χ3v) is 8.95. The van der Waals surface area contributed by atoms with Gasteiger partial charge >= 0.3 is 7.54 Å². The van der Waals surface area contributed by atoms with Crippen LogP contribution in [0.5, 0.6) is 11.5 Å². The molecule has 0 aliphatic heterocycles. The first-order valence-electron chi connectivity index (χ1n) is 19.4. The van der Waals surface area contributed by atoms with Crippen LogP contribution in [0.2, 0.25) is 0 Å². The van der Waals surface area contributed by atoms with Gasteiger partial charge in [0, 0.05) is 94.1 Å². The van der Waals surface area contributed by atoms with E-state index in [-0.39, 0.29) is 18.8 Å². The molecule has 0 bridgehead atoms. The number of methoxy groups -OCH3 is 1. The lowest BCUT2D eigenvalue weighted by molar-refractivity contribution is 0.414.